The van der Waals surface area contributed by atoms with Crippen molar-refractivity contribution >= 4 is 23.2 Å². The number of halogens is 2. The zero-order valence-corrected chi connectivity index (χ0v) is 9.93. The summed E-state index contributed by atoms with van der Waals surface area (Å²) in [6.45, 7) is 1.78. The summed E-state index contributed by atoms with van der Waals surface area (Å²) in [5.74, 6) is 0. The third kappa shape index (κ3) is 2.10. The molecule has 0 saturated heterocycles. The lowest BCUT2D eigenvalue weighted by Crippen LogP contribution is -2.12. The van der Waals surface area contributed by atoms with Gasteiger partial charge in [0, 0.05) is 11.3 Å². The second kappa shape index (κ2) is 4.28. The zero-order valence-electron chi connectivity index (χ0n) is 8.42. The smallest absolute Gasteiger partial charge is 0.310 e. The van der Waals surface area contributed by atoms with E-state index in [1.165, 1.54) is 0 Å². The fraction of sp³-hybridized carbons (Fsp3) is 0.0909. The van der Waals surface area contributed by atoms with Gasteiger partial charge in [0.25, 0.3) is 0 Å². The van der Waals surface area contributed by atoms with E-state index in [1.807, 2.05) is 0 Å². The molecule has 2 aromatic rings. The Morgan fingerprint density at radius 3 is 2.75 bits per heavy atom. The zero-order chi connectivity index (χ0) is 11.7. The molecule has 0 spiro atoms. The van der Waals surface area contributed by atoms with E-state index in [4.69, 9.17) is 23.2 Å². The highest BCUT2D eigenvalue weighted by Gasteiger charge is 2.08. The van der Waals surface area contributed by atoms with Gasteiger partial charge in [0.05, 0.1) is 15.7 Å². The molecule has 2 rings (SSSR count). The summed E-state index contributed by atoms with van der Waals surface area (Å²) >= 11 is 11.9. The summed E-state index contributed by atoms with van der Waals surface area (Å²) in [5.41, 5.74) is 1.51. The summed E-state index contributed by atoms with van der Waals surface area (Å²) in [5, 5.41) is 0.848. The monoisotopic (exact) mass is 254 g/mol. The number of rotatable bonds is 1. The van der Waals surface area contributed by atoms with Gasteiger partial charge in [0.2, 0.25) is 0 Å². The Kier molecular flexibility index (Phi) is 2.99. The van der Waals surface area contributed by atoms with Gasteiger partial charge in [0.15, 0.2) is 0 Å². The molecule has 1 aromatic heterocycles. The van der Waals surface area contributed by atoms with Crippen molar-refractivity contribution in [1.29, 1.82) is 0 Å². The summed E-state index contributed by atoms with van der Waals surface area (Å²) in [6.07, 6.45) is 0. The molecule has 0 fully saturated rings. The topological polar surface area (TPSA) is 45.8 Å². The average Bonchev–Trinajstić information content (AvgIpc) is 2.20. The second-order valence-electron chi connectivity index (χ2n) is 3.36. The maximum atomic E-state index is 11.2. The maximum Gasteiger partial charge on any atom is 0.345 e. The van der Waals surface area contributed by atoms with Gasteiger partial charge in [-0.2, -0.15) is 4.98 Å². The van der Waals surface area contributed by atoms with Crippen LogP contribution >= 0.6 is 23.2 Å². The summed E-state index contributed by atoms with van der Waals surface area (Å²) in [6, 6.07) is 6.98. The molecule has 0 aliphatic rings. The number of aromatic amines is 1. The van der Waals surface area contributed by atoms with E-state index in [0.717, 1.165) is 5.69 Å². The number of aryl methyl sites for hydroxylation is 1. The van der Waals surface area contributed by atoms with E-state index in [0.29, 0.717) is 21.3 Å². The first-order chi connectivity index (χ1) is 7.58. The number of benzene rings is 1. The van der Waals surface area contributed by atoms with Gasteiger partial charge >= 0.3 is 5.69 Å². The fourth-order valence-corrected chi connectivity index (χ4v) is 1.82. The molecule has 5 heteroatoms. The largest absolute Gasteiger partial charge is 0.345 e. The molecule has 0 amide bonds. The minimum atomic E-state index is -0.397. The van der Waals surface area contributed by atoms with Crippen LogP contribution in [0, 0.1) is 6.92 Å². The summed E-state index contributed by atoms with van der Waals surface area (Å²) in [7, 11) is 0. The van der Waals surface area contributed by atoms with Crippen molar-refractivity contribution in [3.05, 3.63) is 50.5 Å². The first-order valence-electron chi connectivity index (χ1n) is 4.60. The van der Waals surface area contributed by atoms with Crippen LogP contribution in [0.25, 0.3) is 11.3 Å². The van der Waals surface area contributed by atoms with Crippen molar-refractivity contribution in [3.63, 3.8) is 0 Å². The van der Waals surface area contributed by atoms with Crippen molar-refractivity contribution in [2.45, 2.75) is 6.92 Å². The van der Waals surface area contributed by atoms with Crippen molar-refractivity contribution in [1.82, 2.24) is 9.97 Å². The first kappa shape index (κ1) is 11.2. The highest BCUT2D eigenvalue weighted by Crippen LogP contribution is 2.31. The lowest BCUT2D eigenvalue weighted by Gasteiger charge is -2.05. The Bertz CT molecular complexity index is 593. The SMILES string of the molecule is Cc1cc(-c2cccc(Cl)c2Cl)nc(=O)[nH]1. The Labute approximate surface area is 102 Å². The lowest BCUT2D eigenvalue weighted by molar-refractivity contribution is 1.03. The van der Waals surface area contributed by atoms with Crippen LogP contribution in [0.5, 0.6) is 0 Å². The van der Waals surface area contributed by atoms with E-state index in [2.05, 4.69) is 9.97 Å². The Morgan fingerprint density at radius 2 is 2.06 bits per heavy atom. The van der Waals surface area contributed by atoms with Gasteiger partial charge in [0.1, 0.15) is 0 Å². The molecule has 0 aliphatic carbocycles. The van der Waals surface area contributed by atoms with Crippen molar-refractivity contribution in [2.24, 2.45) is 0 Å². The predicted molar refractivity (Wildman–Crippen MR) is 65.1 cm³/mol. The van der Waals surface area contributed by atoms with E-state index in [-0.39, 0.29) is 0 Å². The van der Waals surface area contributed by atoms with Gasteiger partial charge in [-0.15, -0.1) is 0 Å². The van der Waals surface area contributed by atoms with E-state index < -0.39 is 5.69 Å². The van der Waals surface area contributed by atoms with Crippen LogP contribution in [-0.2, 0) is 0 Å². The van der Waals surface area contributed by atoms with Crippen molar-refractivity contribution in [3.8, 4) is 11.3 Å². The van der Waals surface area contributed by atoms with Crippen LogP contribution in [0.4, 0.5) is 0 Å². The van der Waals surface area contributed by atoms with Crippen LogP contribution in [0.15, 0.2) is 29.1 Å². The van der Waals surface area contributed by atoms with E-state index >= 15 is 0 Å². The molecule has 0 radical (unpaired) electrons. The fourth-order valence-electron chi connectivity index (χ4n) is 1.42. The molecule has 1 N–H and O–H groups in total. The van der Waals surface area contributed by atoms with Gasteiger partial charge < -0.3 is 4.98 Å². The van der Waals surface area contributed by atoms with Crippen LogP contribution in [0.3, 0.4) is 0 Å². The summed E-state index contributed by atoms with van der Waals surface area (Å²) < 4.78 is 0. The standard InChI is InChI=1S/C11H8Cl2N2O/c1-6-5-9(15-11(16)14-6)7-3-2-4-8(12)10(7)13/h2-5H,1H3,(H,14,15,16). The molecule has 0 atom stereocenters. The van der Waals surface area contributed by atoms with Crippen molar-refractivity contribution < 1.29 is 0 Å². The third-order valence-corrected chi connectivity index (χ3v) is 2.93. The van der Waals surface area contributed by atoms with Gasteiger partial charge in [-0.25, -0.2) is 4.79 Å². The second-order valence-corrected chi connectivity index (χ2v) is 4.14. The molecular weight excluding hydrogens is 247 g/mol. The first-order valence-corrected chi connectivity index (χ1v) is 5.36. The maximum absolute atomic E-state index is 11.2. The average molecular weight is 255 g/mol. The molecule has 16 heavy (non-hydrogen) atoms. The van der Waals surface area contributed by atoms with Crippen molar-refractivity contribution in [2.75, 3.05) is 0 Å². The molecule has 3 nitrogen and oxygen atoms in total. The van der Waals surface area contributed by atoms with Crippen LogP contribution in [0.1, 0.15) is 5.69 Å². The van der Waals surface area contributed by atoms with E-state index in [1.54, 1.807) is 31.2 Å². The third-order valence-electron chi connectivity index (χ3n) is 2.11. The minimum Gasteiger partial charge on any atom is -0.310 e. The highest BCUT2D eigenvalue weighted by atomic mass is 35.5. The molecule has 0 bridgehead atoms. The van der Waals surface area contributed by atoms with Gasteiger partial charge in [-0.05, 0) is 19.1 Å². The Hall–Kier alpha value is -1.32. The molecule has 1 aromatic carbocycles. The number of aromatic nitrogens is 2. The number of hydrogen-bond donors (Lipinski definition) is 1. The van der Waals surface area contributed by atoms with Crippen LogP contribution in [-0.4, -0.2) is 9.97 Å². The summed E-state index contributed by atoms with van der Waals surface area (Å²) in [4.78, 5) is 17.7. The number of nitrogens with zero attached hydrogens (tertiary/aromatic N) is 1. The molecule has 82 valence electrons. The molecule has 1 heterocycles. The highest BCUT2D eigenvalue weighted by molar-refractivity contribution is 6.43. The molecule has 0 saturated carbocycles. The quantitative estimate of drug-likeness (QED) is 0.851. The van der Waals surface area contributed by atoms with E-state index in [9.17, 15) is 4.79 Å². The number of nitrogens with one attached hydrogen (secondary N) is 1. The van der Waals surface area contributed by atoms with Crippen LogP contribution < -0.4 is 5.69 Å². The molecule has 0 aliphatic heterocycles. The predicted octanol–water partition coefficient (Wildman–Crippen LogP) is 3.05. The molecule has 0 unspecified atom stereocenters. The lowest BCUT2D eigenvalue weighted by atomic mass is 10.1. The Balaban J connectivity index is 2.67. The normalized spacial score (nSPS) is 10.4. The minimum absolute atomic E-state index is 0.397. The van der Waals surface area contributed by atoms with Gasteiger partial charge in [-0.1, -0.05) is 35.3 Å². The molecular formula is C11H8Cl2N2O. The van der Waals surface area contributed by atoms with Gasteiger partial charge in [-0.3, -0.25) is 0 Å². The number of hydrogen-bond acceptors (Lipinski definition) is 2. The van der Waals surface area contributed by atoms with Crippen LogP contribution in [0.2, 0.25) is 10.0 Å². The number of H-pyrrole nitrogens is 1. The Morgan fingerprint density at radius 1 is 1.31 bits per heavy atom.